The van der Waals surface area contributed by atoms with Crippen LogP contribution < -0.4 is 16.4 Å². The molecule has 0 heterocycles. The Kier molecular flexibility index (Phi) is 4.82. The summed E-state index contributed by atoms with van der Waals surface area (Å²) < 4.78 is 0. The number of nitrogen functional groups attached to an aromatic ring is 2. The number of benzene rings is 2. The van der Waals surface area contributed by atoms with E-state index in [4.69, 9.17) is 11.5 Å². The molecule has 0 fully saturated rings. The number of unbranched alkanes of at least 4 members (excludes halogenated alkanes) is 1. The Bertz CT molecular complexity index is 611. The Labute approximate surface area is 125 Å². The zero-order valence-electron chi connectivity index (χ0n) is 12.3. The molecule has 0 aliphatic carbocycles. The van der Waals surface area contributed by atoms with Crippen molar-refractivity contribution < 1.29 is 4.79 Å². The molecule has 0 aliphatic heterocycles. The van der Waals surface area contributed by atoms with E-state index in [1.54, 1.807) is 23.1 Å². The summed E-state index contributed by atoms with van der Waals surface area (Å²) in [5, 5.41) is 0. The lowest BCUT2D eigenvalue weighted by Gasteiger charge is -2.23. The second kappa shape index (κ2) is 6.79. The van der Waals surface area contributed by atoms with Crippen molar-refractivity contribution in [3.05, 3.63) is 54.1 Å². The lowest BCUT2D eigenvalue weighted by molar-refractivity contribution is 0.0987. The maximum absolute atomic E-state index is 12.8. The minimum absolute atomic E-state index is 0.0906. The summed E-state index contributed by atoms with van der Waals surface area (Å²) in [5.74, 6) is -0.0906. The van der Waals surface area contributed by atoms with E-state index >= 15 is 0 Å². The van der Waals surface area contributed by atoms with Crippen LogP contribution in [0.15, 0.2) is 48.5 Å². The normalized spacial score (nSPS) is 10.3. The monoisotopic (exact) mass is 283 g/mol. The van der Waals surface area contributed by atoms with E-state index in [1.807, 2.05) is 30.3 Å². The highest BCUT2D eigenvalue weighted by atomic mass is 16.2. The molecule has 0 radical (unpaired) electrons. The van der Waals surface area contributed by atoms with E-state index < -0.39 is 0 Å². The summed E-state index contributed by atoms with van der Waals surface area (Å²) in [6, 6.07) is 14.7. The molecule has 4 heteroatoms. The van der Waals surface area contributed by atoms with Gasteiger partial charge in [-0.25, -0.2) is 0 Å². The van der Waals surface area contributed by atoms with Crippen LogP contribution in [0.2, 0.25) is 0 Å². The van der Waals surface area contributed by atoms with Gasteiger partial charge in [-0.05, 0) is 36.8 Å². The minimum atomic E-state index is -0.0906. The van der Waals surface area contributed by atoms with E-state index in [1.165, 1.54) is 0 Å². The lowest BCUT2D eigenvalue weighted by Crippen LogP contribution is -2.32. The van der Waals surface area contributed by atoms with Crippen LogP contribution in [-0.4, -0.2) is 12.5 Å². The fraction of sp³-hybridized carbons (Fsp3) is 0.235. The summed E-state index contributed by atoms with van der Waals surface area (Å²) in [6.07, 6.45) is 1.96. The van der Waals surface area contributed by atoms with Crippen LogP contribution in [0.3, 0.4) is 0 Å². The number of anilines is 3. The molecule has 0 atom stereocenters. The number of amides is 1. The number of carbonyl (C=O) groups excluding carboxylic acids is 1. The van der Waals surface area contributed by atoms with Crippen LogP contribution in [0.5, 0.6) is 0 Å². The number of rotatable bonds is 5. The standard InChI is InChI=1S/C17H21N3O/c1-2-3-11-20(14-7-5-4-6-8-14)17(21)15-10-9-13(18)12-16(15)19/h4-10,12H,2-3,11,18-19H2,1H3. The molecular formula is C17H21N3O. The van der Waals surface area contributed by atoms with Crippen LogP contribution in [0, 0.1) is 0 Å². The predicted molar refractivity (Wildman–Crippen MR) is 88.3 cm³/mol. The van der Waals surface area contributed by atoms with Crippen LogP contribution in [0.1, 0.15) is 30.1 Å². The third kappa shape index (κ3) is 3.54. The fourth-order valence-electron chi connectivity index (χ4n) is 2.19. The average molecular weight is 283 g/mol. The number of hydrogen-bond donors (Lipinski definition) is 2. The summed E-state index contributed by atoms with van der Waals surface area (Å²) in [4.78, 5) is 14.6. The molecule has 0 aromatic heterocycles. The third-order valence-electron chi connectivity index (χ3n) is 3.35. The molecule has 0 unspecified atom stereocenters. The average Bonchev–Trinajstić information content (AvgIpc) is 2.48. The van der Waals surface area contributed by atoms with Gasteiger partial charge in [0, 0.05) is 23.6 Å². The molecule has 0 aliphatic rings. The molecule has 4 N–H and O–H groups in total. The van der Waals surface area contributed by atoms with Crippen LogP contribution in [-0.2, 0) is 0 Å². The van der Waals surface area contributed by atoms with Crippen molar-refractivity contribution in [2.75, 3.05) is 22.9 Å². The lowest BCUT2D eigenvalue weighted by atomic mass is 10.1. The van der Waals surface area contributed by atoms with Gasteiger partial charge in [0.15, 0.2) is 0 Å². The number of carbonyl (C=O) groups is 1. The topological polar surface area (TPSA) is 72.3 Å². The molecule has 110 valence electrons. The van der Waals surface area contributed by atoms with Gasteiger partial charge in [-0.3, -0.25) is 4.79 Å². The quantitative estimate of drug-likeness (QED) is 0.827. The van der Waals surface area contributed by atoms with Gasteiger partial charge >= 0.3 is 0 Å². The first-order valence-corrected chi connectivity index (χ1v) is 7.15. The van der Waals surface area contributed by atoms with Gasteiger partial charge in [0.1, 0.15) is 0 Å². The van der Waals surface area contributed by atoms with Gasteiger partial charge in [0.05, 0.1) is 5.56 Å². The first kappa shape index (κ1) is 14.9. The summed E-state index contributed by atoms with van der Waals surface area (Å²) in [5.41, 5.74) is 14.0. The van der Waals surface area contributed by atoms with Gasteiger partial charge in [-0.15, -0.1) is 0 Å². The van der Waals surface area contributed by atoms with Crippen LogP contribution in [0.4, 0.5) is 17.1 Å². The molecule has 1 amide bonds. The van der Waals surface area contributed by atoms with Crippen LogP contribution >= 0.6 is 0 Å². The zero-order valence-corrected chi connectivity index (χ0v) is 12.3. The second-order valence-corrected chi connectivity index (χ2v) is 4.99. The van der Waals surface area contributed by atoms with E-state index in [9.17, 15) is 4.79 Å². The third-order valence-corrected chi connectivity index (χ3v) is 3.35. The molecule has 4 nitrogen and oxygen atoms in total. The molecule has 21 heavy (non-hydrogen) atoms. The maximum Gasteiger partial charge on any atom is 0.260 e. The molecule has 2 rings (SSSR count). The Morgan fingerprint density at radius 3 is 2.43 bits per heavy atom. The number of nitrogens with two attached hydrogens (primary N) is 2. The number of nitrogens with zero attached hydrogens (tertiary/aromatic N) is 1. The van der Waals surface area contributed by atoms with Gasteiger partial charge in [0.2, 0.25) is 0 Å². The first-order chi connectivity index (χ1) is 10.1. The fourth-order valence-corrected chi connectivity index (χ4v) is 2.19. The SMILES string of the molecule is CCCCN(C(=O)c1ccc(N)cc1N)c1ccccc1. The molecule has 2 aromatic carbocycles. The van der Waals surface area contributed by atoms with Crippen molar-refractivity contribution in [3.63, 3.8) is 0 Å². The Balaban J connectivity index is 2.34. The smallest absolute Gasteiger partial charge is 0.260 e. The Morgan fingerprint density at radius 2 is 1.81 bits per heavy atom. The predicted octanol–water partition coefficient (Wildman–Crippen LogP) is 3.30. The summed E-state index contributed by atoms with van der Waals surface area (Å²) in [6.45, 7) is 2.77. The molecule has 0 spiro atoms. The van der Waals surface area contributed by atoms with Crippen molar-refractivity contribution >= 4 is 23.0 Å². The summed E-state index contributed by atoms with van der Waals surface area (Å²) >= 11 is 0. The van der Waals surface area contributed by atoms with Crippen molar-refractivity contribution in [2.24, 2.45) is 0 Å². The van der Waals surface area contributed by atoms with E-state index in [-0.39, 0.29) is 5.91 Å². The van der Waals surface area contributed by atoms with Gasteiger partial charge in [-0.2, -0.15) is 0 Å². The Hall–Kier alpha value is -2.49. The van der Waals surface area contributed by atoms with E-state index in [2.05, 4.69) is 6.92 Å². The summed E-state index contributed by atoms with van der Waals surface area (Å²) in [7, 11) is 0. The highest BCUT2D eigenvalue weighted by Crippen LogP contribution is 2.22. The largest absolute Gasteiger partial charge is 0.399 e. The van der Waals surface area contributed by atoms with Gasteiger partial charge in [0.25, 0.3) is 5.91 Å². The van der Waals surface area contributed by atoms with E-state index in [0.29, 0.717) is 23.5 Å². The van der Waals surface area contributed by atoms with Gasteiger partial charge in [-0.1, -0.05) is 31.5 Å². The minimum Gasteiger partial charge on any atom is -0.399 e. The zero-order chi connectivity index (χ0) is 15.2. The van der Waals surface area contributed by atoms with Crippen LogP contribution in [0.25, 0.3) is 0 Å². The Morgan fingerprint density at radius 1 is 1.10 bits per heavy atom. The molecule has 0 saturated heterocycles. The molecule has 0 bridgehead atoms. The molecule has 2 aromatic rings. The second-order valence-electron chi connectivity index (χ2n) is 4.99. The van der Waals surface area contributed by atoms with Crippen molar-refractivity contribution in [3.8, 4) is 0 Å². The van der Waals surface area contributed by atoms with Crippen molar-refractivity contribution in [2.45, 2.75) is 19.8 Å². The number of hydrogen-bond acceptors (Lipinski definition) is 3. The van der Waals surface area contributed by atoms with E-state index in [0.717, 1.165) is 18.5 Å². The first-order valence-electron chi connectivity index (χ1n) is 7.15. The van der Waals surface area contributed by atoms with Crippen molar-refractivity contribution in [1.29, 1.82) is 0 Å². The van der Waals surface area contributed by atoms with Gasteiger partial charge < -0.3 is 16.4 Å². The molecule has 0 saturated carbocycles. The molecular weight excluding hydrogens is 262 g/mol. The highest BCUT2D eigenvalue weighted by molar-refractivity contribution is 6.09. The van der Waals surface area contributed by atoms with Crippen molar-refractivity contribution in [1.82, 2.24) is 0 Å². The maximum atomic E-state index is 12.8. The number of para-hydroxylation sites is 1. The highest BCUT2D eigenvalue weighted by Gasteiger charge is 2.19.